The number of anilines is 2. The minimum atomic E-state index is -4.09. The molecule has 1 aromatic carbocycles. The van der Waals surface area contributed by atoms with Gasteiger partial charge in [-0.1, -0.05) is 18.2 Å². The van der Waals surface area contributed by atoms with Crippen LogP contribution in [-0.2, 0) is 26.6 Å². The van der Waals surface area contributed by atoms with Gasteiger partial charge in [0.15, 0.2) is 11.4 Å². The van der Waals surface area contributed by atoms with E-state index >= 15 is 0 Å². The van der Waals surface area contributed by atoms with Crippen LogP contribution < -0.4 is 9.44 Å². The molecular weight excluding hydrogens is 565 g/mol. The second-order valence-corrected chi connectivity index (χ2v) is 12.7. The number of rotatable bonds is 9. The number of furan rings is 2. The lowest BCUT2D eigenvalue weighted by Gasteiger charge is -2.10. The summed E-state index contributed by atoms with van der Waals surface area (Å²) in [7, 11) is -7.80. The summed E-state index contributed by atoms with van der Waals surface area (Å²) in [6.45, 7) is 0.205. The number of nitrogens with zero attached hydrogens (tertiary/aromatic N) is 4. The van der Waals surface area contributed by atoms with Crippen molar-refractivity contribution in [3.05, 3.63) is 90.3 Å². The molecule has 0 spiro atoms. The number of sulfonamides is 2. The topological polar surface area (TPSA) is 162 Å². The van der Waals surface area contributed by atoms with Gasteiger partial charge in [0.1, 0.15) is 9.90 Å². The molecule has 0 aliphatic carbocycles. The lowest BCUT2D eigenvalue weighted by atomic mass is 10.2. The third-order valence-electron chi connectivity index (χ3n) is 5.51. The van der Waals surface area contributed by atoms with Crippen molar-refractivity contribution >= 4 is 54.1 Å². The van der Waals surface area contributed by atoms with Gasteiger partial charge in [-0.15, -0.1) is 11.3 Å². The third kappa shape index (κ3) is 5.01. The zero-order valence-corrected chi connectivity index (χ0v) is 22.2. The van der Waals surface area contributed by atoms with Crippen molar-refractivity contribution in [3.63, 3.8) is 0 Å². The van der Waals surface area contributed by atoms with Crippen LogP contribution in [0.4, 0.5) is 11.6 Å². The van der Waals surface area contributed by atoms with E-state index in [2.05, 4.69) is 24.5 Å². The summed E-state index contributed by atoms with van der Waals surface area (Å²) >= 11 is 1.12. The maximum atomic E-state index is 12.8. The van der Waals surface area contributed by atoms with Crippen LogP contribution in [0.15, 0.2) is 103 Å². The van der Waals surface area contributed by atoms with Gasteiger partial charge in [0.25, 0.3) is 20.0 Å². The lowest BCUT2D eigenvalue weighted by molar-refractivity contribution is 0.452. The third-order valence-corrected chi connectivity index (χ3v) is 9.50. The van der Waals surface area contributed by atoms with E-state index in [1.54, 1.807) is 52.7 Å². The van der Waals surface area contributed by atoms with Crippen molar-refractivity contribution < 1.29 is 25.7 Å². The van der Waals surface area contributed by atoms with Gasteiger partial charge in [-0.05, 0) is 53.4 Å². The van der Waals surface area contributed by atoms with E-state index < -0.39 is 20.0 Å². The monoisotopic (exact) mass is 582 g/mol. The highest BCUT2D eigenvalue weighted by Gasteiger charge is 2.22. The normalized spacial score (nSPS) is 12.1. The fourth-order valence-corrected chi connectivity index (χ4v) is 6.75. The summed E-state index contributed by atoms with van der Waals surface area (Å²) in [4.78, 5) is 8.79. The average Bonchev–Trinajstić information content (AvgIpc) is 3.72. The fraction of sp³-hybridized carbons (Fsp3) is 0.0417. The Bertz CT molecular complexity index is 1970. The van der Waals surface area contributed by atoms with Gasteiger partial charge in [0.2, 0.25) is 11.0 Å². The summed E-state index contributed by atoms with van der Waals surface area (Å²) in [6.07, 6.45) is 4.28. The Morgan fingerprint density at radius 1 is 0.872 bits per heavy atom. The van der Waals surface area contributed by atoms with Gasteiger partial charge in [-0.25, -0.2) is 22.8 Å². The van der Waals surface area contributed by atoms with Crippen LogP contribution in [-0.4, -0.2) is 36.6 Å². The van der Waals surface area contributed by atoms with Crippen molar-refractivity contribution in [2.24, 2.45) is 0 Å². The average molecular weight is 583 g/mol. The Morgan fingerprint density at radius 3 is 2.46 bits per heavy atom. The van der Waals surface area contributed by atoms with Gasteiger partial charge in [0, 0.05) is 5.69 Å². The van der Waals surface area contributed by atoms with Crippen LogP contribution >= 0.6 is 11.3 Å². The van der Waals surface area contributed by atoms with Gasteiger partial charge in [-0.3, -0.25) is 4.72 Å². The van der Waals surface area contributed by atoms with Crippen LogP contribution in [0.2, 0.25) is 0 Å². The number of aromatic nitrogens is 4. The maximum absolute atomic E-state index is 12.8. The molecule has 12 nitrogen and oxygen atoms in total. The van der Waals surface area contributed by atoms with E-state index in [9.17, 15) is 16.8 Å². The predicted octanol–water partition coefficient (Wildman–Crippen LogP) is 4.39. The van der Waals surface area contributed by atoms with E-state index in [4.69, 9.17) is 8.83 Å². The molecule has 0 bridgehead atoms. The highest BCUT2D eigenvalue weighted by Crippen LogP contribution is 2.29. The number of benzene rings is 1. The zero-order chi connectivity index (χ0) is 27.0. The largest absolute Gasteiger partial charge is 0.463 e. The van der Waals surface area contributed by atoms with Crippen molar-refractivity contribution in [1.82, 2.24) is 19.7 Å². The smallest absolute Gasteiger partial charge is 0.297 e. The fourth-order valence-electron chi connectivity index (χ4n) is 3.83. The molecule has 2 N–H and O–H groups in total. The minimum Gasteiger partial charge on any atom is -0.463 e. The Labute approximate surface area is 226 Å². The molecule has 0 unspecified atom stereocenters. The Hall–Kier alpha value is -4.47. The molecule has 0 saturated carbocycles. The van der Waals surface area contributed by atoms with Crippen LogP contribution in [0.25, 0.3) is 22.5 Å². The lowest BCUT2D eigenvalue weighted by Crippen LogP contribution is -2.15. The first kappa shape index (κ1) is 24.8. The molecule has 6 rings (SSSR count). The standard InChI is InChI=1S/C24H18N6O6S3/c31-38(32,20-8-3-11-36-20)29-24-26-22(19-7-2-10-35-19)18-14-25-30(23(18)27-24)15-16-5-1-6-17(13-16)28-39(33,34)21-9-4-12-37-21/h1-14,28H,15H2,(H,26,27,29). The number of hydrogen-bond donors (Lipinski definition) is 2. The summed E-state index contributed by atoms with van der Waals surface area (Å²) in [5.41, 5.74) is 1.78. The van der Waals surface area contributed by atoms with Crippen LogP contribution in [0.3, 0.4) is 0 Å². The van der Waals surface area contributed by atoms with Crippen LogP contribution in [0.1, 0.15) is 5.56 Å². The summed E-state index contributed by atoms with van der Waals surface area (Å²) < 4.78 is 68.0. The molecule has 0 saturated heterocycles. The molecule has 39 heavy (non-hydrogen) atoms. The first-order chi connectivity index (χ1) is 18.8. The van der Waals surface area contributed by atoms with E-state index in [0.29, 0.717) is 28.2 Å². The molecule has 0 radical (unpaired) electrons. The van der Waals surface area contributed by atoms with Crippen molar-refractivity contribution in [2.75, 3.05) is 9.44 Å². The van der Waals surface area contributed by atoms with Crippen molar-refractivity contribution in [3.8, 4) is 11.5 Å². The highest BCUT2D eigenvalue weighted by molar-refractivity contribution is 7.94. The quantitative estimate of drug-likeness (QED) is 0.252. The number of nitrogens with one attached hydrogen (secondary N) is 2. The molecule has 0 aliphatic heterocycles. The Kier molecular flexibility index (Phi) is 6.17. The second-order valence-electron chi connectivity index (χ2n) is 8.19. The molecule has 0 aliphatic rings. The van der Waals surface area contributed by atoms with E-state index in [1.807, 2.05) is 6.07 Å². The molecule has 6 aromatic rings. The maximum Gasteiger partial charge on any atom is 0.297 e. The number of hydrogen-bond acceptors (Lipinski definition) is 10. The van der Waals surface area contributed by atoms with E-state index in [1.165, 1.54) is 30.7 Å². The van der Waals surface area contributed by atoms with Gasteiger partial charge < -0.3 is 8.83 Å². The minimum absolute atomic E-state index is 0.204. The summed E-state index contributed by atoms with van der Waals surface area (Å²) in [5.74, 6) is 0.190. The zero-order valence-electron chi connectivity index (χ0n) is 19.8. The SMILES string of the molecule is O=S(=O)(Nc1nc(-c2ccco2)c2cnn(Cc3cccc(NS(=O)(=O)c4cccs4)c3)c2n1)c1ccco1. The Balaban J connectivity index is 1.36. The van der Waals surface area contributed by atoms with Gasteiger partial charge >= 0.3 is 0 Å². The molecule has 0 amide bonds. The van der Waals surface area contributed by atoms with Crippen molar-refractivity contribution in [1.29, 1.82) is 0 Å². The summed E-state index contributed by atoms with van der Waals surface area (Å²) in [6, 6.07) is 16.2. The molecule has 0 fully saturated rings. The van der Waals surface area contributed by atoms with E-state index in [-0.39, 0.29) is 21.8 Å². The Morgan fingerprint density at radius 2 is 1.72 bits per heavy atom. The summed E-state index contributed by atoms with van der Waals surface area (Å²) in [5, 5.41) is 6.36. The predicted molar refractivity (Wildman–Crippen MR) is 143 cm³/mol. The molecule has 5 aromatic heterocycles. The van der Waals surface area contributed by atoms with Crippen LogP contribution in [0, 0.1) is 0 Å². The second kappa shape index (κ2) is 9.68. The molecular formula is C24H18N6O6S3. The van der Waals surface area contributed by atoms with E-state index in [0.717, 1.165) is 16.9 Å². The van der Waals surface area contributed by atoms with Crippen LogP contribution in [0.5, 0.6) is 0 Å². The van der Waals surface area contributed by atoms with Crippen molar-refractivity contribution in [2.45, 2.75) is 15.8 Å². The first-order valence-corrected chi connectivity index (χ1v) is 15.1. The van der Waals surface area contributed by atoms with Gasteiger partial charge in [-0.2, -0.15) is 18.5 Å². The molecule has 15 heteroatoms. The first-order valence-electron chi connectivity index (χ1n) is 11.3. The highest BCUT2D eigenvalue weighted by atomic mass is 32.2. The van der Waals surface area contributed by atoms with Gasteiger partial charge in [0.05, 0.1) is 30.7 Å². The molecule has 0 atom stereocenters. The molecule has 198 valence electrons. The molecule has 5 heterocycles. The number of thiophene rings is 1. The number of fused-ring (bicyclic) bond motifs is 1.